The fraction of sp³-hybridized carbons (Fsp3) is 0.700. The van der Waals surface area contributed by atoms with Gasteiger partial charge in [-0.15, -0.1) is 0 Å². The van der Waals surface area contributed by atoms with Crippen molar-refractivity contribution in [2.45, 2.75) is 32.1 Å². The molecule has 1 aliphatic carbocycles. The summed E-state index contributed by atoms with van der Waals surface area (Å²) < 4.78 is 4.97. The molecule has 0 bridgehead atoms. The third-order valence-corrected chi connectivity index (χ3v) is 2.42. The Bertz CT molecular complexity index is 195. The van der Waals surface area contributed by atoms with Crippen molar-refractivity contribution in [3.63, 3.8) is 0 Å². The highest BCUT2D eigenvalue weighted by Crippen LogP contribution is 2.24. The van der Waals surface area contributed by atoms with Crippen LogP contribution in [0.3, 0.4) is 0 Å². The Labute approximate surface area is 83.9 Å². The fourth-order valence-electron chi connectivity index (χ4n) is 1.61. The summed E-state index contributed by atoms with van der Waals surface area (Å²) in [5.74, 6) is -0.00809. The van der Waals surface area contributed by atoms with Gasteiger partial charge in [0.05, 0.1) is 5.92 Å². The summed E-state index contributed by atoms with van der Waals surface area (Å²) in [7, 11) is 0. The van der Waals surface area contributed by atoms with Crippen molar-refractivity contribution in [1.82, 2.24) is 0 Å². The maximum Gasteiger partial charge on any atom is 0.309 e. The van der Waals surface area contributed by atoms with Crippen molar-refractivity contribution in [2.24, 2.45) is 5.92 Å². The van der Waals surface area contributed by atoms with Gasteiger partial charge in [-0.3, -0.25) is 4.79 Å². The van der Waals surface area contributed by atoms with E-state index in [4.69, 9.17) is 16.3 Å². The van der Waals surface area contributed by atoms with Crippen LogP contribution >= 0.6 is 11.6 Å². The summed E-state index contributed by atoms with van der Waals surface area (Å²) >= 11 is 5.49. The van der Waals surface area contributed by atoms with Gasteiger partial charge in [-0.05, 0) is 12.8 Å². The Morgan fingerprint density at radius 2 is 2.00 bits per heavy atom. The molecule has 13 heavy (non-hydrogen) atoms. The Morgan fingerprint density at radius 3 is 2.54 bits per heavy atom. The second-order valence-corrected chi connectivity index (χ2v) is 3.99. The van der Waals surface area contributed by atoms with Gasteiger partial charge in [-0.25, -0.2) is 0 Å². The zero-order valence-corrected chi connectivity index (χ0v) is 8.48. The molecule has 0 aromatic carbocycles. The van der Waals surface area contributed by atoms with Crippen LogP contribution in [0, 0.1) is 5.92 Å². The summed E-state index contributed by atoms with van der Waals surface area (Å²) in [6.45, 7) is 3.61. The Kier molecular flexibility index (Phi) is 4.29. The van der Waals surface area contributed by atoms with Crippen LogP contribution in [0.4, 0.5) is 0 Å². The van der Waals surface area contributed by atoms with E-state index >= 15 is 0 Å². The van der Waals surface area contributed by atoms with Crippen LogP contribution in [0.25, 0.3) is 0 Å². The number of ether oxygens (including phenoxy) is 1. The van der Waals surface area contributed by atoms with Gasteiger partial charge in [0.15, 0.2) is 0 Å². The van der Waals surface area contributed by atoms with Gasteiger partial charge in [0, 0.05) is 5.03 Å². The van der Waals surface area contributed by atoms with E-state index in [1.165, 1.54) is 6.42 Å². The maximum atomic E-state index is 11.4. The third kappa shape index (κ3) is 3.81. The Hall–Kier alpha value is -0.500. The van der Waals surface area contributed by atoms with Gasteiger partial charge >= 0.3 is 5.97 Å². The van der Waals surface area contributed by atoms with Crippen molar-refractivity contribution in [3.05, 3.63) is 11.6 Å². The van der Waals surface area contributed by atoms with Gasteiger partial charge < -0.3 is 4.74 Å². The molecular formula is C10H15ClO2. The monoisotopic (exact) mass is 202 g/mol. The van der Waals surface area contributed by atoms with Crippen LogP contribution in [0.2, 0.25) is 0 Å². The van der Waals surface area contributed by atoms with E-state index in [0.29, 0.717) is 5.03 Å². The van der Waals surface area contributed by atoms with Gasteiger partial charge in [0.1, 0.15) is 6.61 Å². The molecule has 3 heteroatoms. The standard InChI is InChI=1S/C10H15ClO2/c1-8(11)7-13-10(12)9-5-3-2-4-6-9/h9H,1-7H2. The summed E-state index contributed by atoms with van der Waals surface area (Å²) in [4.78, 5) is 11.4. The molecule has 74 valence electrons. The number of esters is 1. The molecule has 1 rings (SSSR count). The average molecular weight is 203 g/mol. The van der Waals surface area contributed by atoms with Gasteiger partial charge in [-0.1, -0.05) is 37.4 Å². The molecule has 0 spiro atoms. The largest absolute Gasteiger partial charge is 0.460 e. The first-order chi connectivity index (χ1) is 6.20. The fourth-order valence-corrected chi connectivity index (χ4v) is 1.66. The predicted octanol–water partition coefficient (Wildman–Crippen LogP) is 2.86. The molecule has 0 saturated heterocycles. The third-order valence-electron chi connectivity index (χ3n) is 2.31. The molecule has 1 aliphatic rings. The molecule has 1 fully saturated rings. The molecule has 0 aromatic heterocycles. The van der Waals surface area contributed by atoms with Crippen molar-refractivity contribution in [3.8, 4) is 0 Å². The van der Waals surface area contributed by atoms with Crippen LogP contribution < -0.4 is 0 Å². The highest BCUT2D eigenvalue weighted by molar-refractivity contribution is 6.29. The molecule has 0 amide bonds. The maximum absolute atomic E-state index is 11.4. The van der Waals surface area contributed by atoms with E-state index in [-0.39, 0.29) is 18.5 Å². The zero-order chi connectivity index (χ0) is 9.68. The van der Waals surface area contributed by atoms with Crippen molar-refractivity contribution in [1.29, 1.82) is 0 Å². The van der Waals surface area contributed by atoms with Crippen LogP contribution in [0.15, 0.2) is 11.6 Å². The minimum absolute atomic E-state index is 0.102. The van der Waals surface area contributed by atoms with E-state index in [0.717, 1.165) is 25.7 Å². The highest BCUT2D eigenvalue weighted by Gasteiger charge is 2.22. The molecule has 0 heterocycles. The number of hydrogen-bond donors (Lipinski definition) is 0. The SMILES string of the molecule is C=C(Cl)COC(=O)C1CCCCC1. The van der Waals surface area contributed by atoms with Crippen LogP contribution in [0.1, 0.15) is 32.1 Å². The van der Waals surface area contributed by atoms with E-state index in [2.05, 4.69) is 6.58 Å². The normalized spacial score (nSPS) is 18.2. The second kappa shape index (κ2) is 5.28. The van der Waals surface area contributed by atoms with E-state index in [9.17, 15) is 4.79 Å². The summed E-state index contributed by atoms with van der Waals surface area (Å²) in [6.07, 6.45) is 5.45. The highest BCUT2D eigenvalue weighted by atomic mass is 35.5. The van der Waals surface area contributed by atoms with Crippen molar-refractivity contribution in [2.75, 3.05) is 6.61 Å². The summed E-state index contributed by atoms with van der Waals surface area (Å²) in [6, 6.07) is 0. The van der Waals surface area contributed by atoms with Gasteiger partial charge in [0.2, 0.25) is 0 Å². The van der Waals surface area contributed by atoms with Crippen molar-refractivity contribution >= 4 is 17.6 Å². The summed E-state index contributed by atoms with van der Waals surface area (Å²) in [5.41, 5.74) is 0. The van der Waals surface area contributed by atoms with Crippen LogP contribution in [-0.4, -0.2) is 12.6 Å². The molecule has 2 nitrogen and oxygen atoms in total. The zero-order valence-electron chi connectivity index (χ0n) is 7.72. The van der Waals surface area contributed by atoms with Crippen LogP contribution in [-0.2, 0) is 9.53 Å². The molecular weight excluding hydrogens is 188 g/mol. The number of hydrogen-bond acceptors (Lipinski definition) is 2. The lowest BCUT2D eigenvalue weighted by molar-refractivity contribution is -0.148. The molecule has 1 saturated carbocycles. The quantitative estimate of drug-likeness (QED) is 0.658. The molecule has 0 aliphatic heterocycles. The van der Waals surface area contributed by atoms with E-state index in [1.54, 1.807) is 0 Å². The van der Waals surface area contributed by atoms with Gasteiger partial charge in [-0.2, -0.15) is 0 Å². The summed E-state index contributed by atoms with van der Waals surface area (Å²) in [5, 5.41) is 0.379. The lowest BCUT2D eigenvalue weighted by Gasteiger charge is -2.19. The predicted molar refractivity (Wildman–Crippen MR) is 52.5 cm³/mol. The smallest absolute Gasteiger partial charge is 0.309 e. The number of rotatable bonds is 3. The van der Waals surface area contributed by atoms with E-state index < -0.39 is 0 Å². The molecule has 0 atom stereocenters. The first kappa shape index (κ1) is 10.6. The first-order valence-electron chi connectivity index (χ1n) is 4.70. The number of carbonyl (C=O) groups is 1. The van der Waals surface area contributed by atoms with Crippen molar-refractivity contribution < 1.29 is 9.53 Å². The molecule has 0 unspecified atom stereocenters. The minimum atomic E-state index is -0.110. The Morgan fingerprint density at radius 1 is 1.38 bits per heavy atom. The first-order valence-corrected chi connectivity index (χ1v) is 5.08. The Balaban J connectivity index is 2.25. The molecule has 0 aromatic rings. The van der Waals surface area contributed by atoms with E-state index in [1.807, 2.05) is 0 Å². The lowest BCUT2D eigenvalue weighted by atomic mass is 9.89. The van der Waals surface area contributed by atoms with Crippen LogP contribution in [0.5, 0.6) is 0 Å². The number of halogens is 1. The average Bonchev–Trinajstić information content (AvgIpc) is 2.15. The topological polar surface area (TPSA) is 26.3 Å². The minimum Gasteiger partial charge on any atom is -0.460 e. The lowest BCUT2D eigenvalue weighted by Crippen LogP contribution is -2.20. The molecule has 0 radical (unpaired) electrons. The molecule has 0 N–H and O–H groups in total. The number of carbonyl (C=O) groups excluding carboxylic acids is 1. The van der Waals surface area contributed by atoms with Gasteiger partial charge in [0.25, 0.3) is 0 Å². The second-order valence-electron chi connectivity index (χ2n) is 3.46.